The number of hydrogen-bond acceptors (Lipinski definition) is 10. The van der Waals surface area contributed by atoms with Crippen LogP contribution in [0.1, 0.15) is 33.1 Å². The Kier molecular flexibility index (Phi) is 14.5. The van der Waals surface area contributed by atoms with Gasteiger partial charge in [-0.05, 0) is 13.8 Å². The van der Waals surface area contributed by atoms with E-state index in [1.807, 2.05) is 91.0 Å². The van der Waals surface area contributed by atoms with Gasteiger partial charge < -0.3 is 10.5 Å². The first-order chi connectivity index (χ1) is 24.9. The van der Waals surface area contributed by atoms with Gasteiger partial charge in [-0.1, -0.05) is 0 Å². The van der Waals surface area contributed by atoms with Crippen molar-refractivity contribution in [2.45, 2.75) is 50.4 Å². The fourth-order valence-corrected chi connectivity index (χ4v) is 14.5. The zero-order valence-corrected chi connectivity index (χ0v) is 32.4. The third kappa shape index (κ3) is 9.46. The van der Waals surface area contributed by atoms with Gasteiger partial charge in [-0.3, -0.25) is 4.79 Å². The zero-order chi connectivity index (χ0) is 37.8. The number of thioether (sulfide) groups is 1. The number of esters is 2. The Morgan fingerprint density at radius 2 is 1.40 bits per heavy atom. The quantitative estimate of drug-likeness (QED) is 0.0984. The molecule has 3 aromatic carbocycles. The fraction of sp³-hybridized carbons (Fsp3) is 0.351. The van der Waals surface area contributed by atoms with Gasteiger partial charge in [0.05, 0.1) is 13.2 Å². The molecule has 4 N–H and O–H groups in total. The number of likely N-dealkylation sites (tertiary alicyclic amines) is 1. The Labute approximate surface area is 315 Å². The molecule has 3 atom stereocenters. The maximum absolute atomic E-state index is 14.2. The number of carbonyl (C=O) groups is 6. The molecule has 1 saturated heterocycles. The summed E-state index contributed by atoms with van der Waals surface area (Å²) in [5.41, 5.74) is 5.83. The van der Waals surface area contributed by atoms with Crippen molar-refractivity contribution in [1.29, 1.82) is 0 Å². The maximum atomic E-state index is 14.2. The minimum Gasteiger partial charge on any atom is -0.465 e. The number of rotatable bonds is 18. The molecule has 0 saturated carbocycles. The zero-order valence-electron chi connectivity index (χ0n) is 29.1. The van der Waals surface area contributed by atoms with E-state index < -0.39 is 58.8 Å². The third-order valence-electron chi connectivity index (χ3n) is 8.59. The molecule has 0 radical (unpaired) electrons. The molecule has 0 aliphatic carbocycles. The van der Waals surface area contributed by atoms with Crippen LogP contribution in [0.4, 0.5) is 0 Å². The van der Waals surface area contributed by atoms with E-state index in [0.29, 0.717) is 0 Å². The molecule has 1 aliphatic rings. The SMILES string of the molecule is CCOC(=O)CNC(=O)[C@H](CSC1CC(=O)N(CP(Br)(c2ccccc2)(c2ccccc2)c2ccccc2)C1=O)NC(=O)CC[C@H](N)C(=O)OCC. The average Bonchev–Trinajstić information content (AvgIpc) is 3.42. The van der Waals surface area contributed by atoms with Crippen LogP contribution in [0.5, 0.6) is 0 Å². The number of nitrogens with two attached hydrogens (primary N) is 1. The van der Waals surface area contributed by atoms with E-state index >= 15 is 0 Å². The molecule has 4 amide bonds. The van der Waals surface area contributed by atoms with Crippen LogP contribution in [-0.2, 0) is 38.2 Å². The van der Waals surface area contributed by atoms with Crippen molar-refractivity contribution in [3.63, 3.8) is 0 Å². The second-order valence-electron chi connectivity index (χ2n) is 12.1. The van der Waals surface area contributed by atoms with E-state index in [4.69, 9.17) is 15.2 Å². The van der Waals surface area contributed by atoms with Crippen LogP contribution >= 0.6 is 32.6 Å². The molecule has 1 aliphatic heterocycles. The summed E-state index contributed by atoms with van der Waals surface area (Å²) in [7, 11) is 0. The standard InChI is InChI=1S/C37H44BrN4O8PS/c1-3-49-34(45)23-40-35(46)30(41-32(43)21-20-29(39)37(48)50-4-2)24-52-31-22-33(44)42(36(31)47)25-51(38,26-14-8-5-9-15-26,27-16-10-6-11-17-27)28-18-12-7-13-19-28/h5-19,29-31H,3-4,20-25,39H2,1-2H3,(H,40,46)(H,41,43)/t29-,30-,31?/m0/s1. The first-order valence-electron chi connectivity index (χ1n) is 16.9. The van der Waals surface area contributed by atoms with Crippen molar-refractivity contribution < 1.29 is 38.2 Å². The molecule has 0 aromatic heterocycles. The van der Waals surface area contributed by atoms with Gasteiger partial charge in [0.15, 0.2) is 0 Å². The molecule has 4 rings (SSSR count). The molecule has 0 bridgehead atoms. The van der Waals surface area contributed by atoms with Crippen molar-refractivity contribution in [1.82, 2.24) is 15.5 Å². The Balaban J connectivity index is 1.58. The number of amides is 4. The number of ether oxygens (including phenoxy) is 2. The number of nitrogens with one attached hydrogen (secondary N) is 2. The van der Waals surface area contributed by atoms with Crippen LogP contribution in [0.3, 0.4) is 0 Å². The first kappa shape index (κ1) is 40.7. The van der Waals surface area contributed by atoms with Crippen molar-refractivity contribution in [2.75, 3.05) is 31.8 Å². The van der Waals surface area contributed by atoms with E-state index in [1.165, 1.54) is 4.90 Å². The van der Waals surface area contributed by atoms with Gasteiger partial charge in [0.1, 0.15) is 0 Å². The molecule has 15 heteroatoms. The van der Waals surface area contributed by atoms with Crippen molar-refractivity contribution >= 4 is 84.0 Å². The van der Waals surface area contributed by atoms with Gasteiger partial charge in [0.25, 0.3) is 0 Å². The van der Waals surface area contributed by atoms with Crippen LogP contribution in [0.15, 0.2) is 91.0 Å². The number of carbonyl (C=O) groups excluding carboxylic acids is 6. The van der Waals surface area contributed by atoms with Crippen LogP contribution in [0.2, 0.25) is 0 Å². The van der Waals surface area contributed by atoms with E-state index in [0.717, 1.165) is 27.7 Å². The Hall–Kier alpha value is -4.10. The molecule has 1 unspecified atom stereocenters. The predicted molar refractivity (Wildman–Crippen MR) is 207 cm³/mol. The van der Waals surface area contributed by atoms with Crippen molar-refractivity contribution in [3.05, 3.63) is 91.0 Å². The molecule has 1 heterocycles. The summed E-state index contributed by atoms with van der Waals surface area (Å²) in [5, 5.41) is 3.36. The summed E-state index contributed by atoms with van der Waals surface area (Å²) in [6.07, 6.45) is -0.264. The molecule has 12 nitrogen and oxygen atoms in total. The number of benzene rings is 3. The summed E-state index contributed by atoms with van der Waals surface area (Å²) in [4.78, 5) is 79.3. The van der Waals surface area contributed by atoms with Gasteiger partial charge in [-0.25, -0.2) is 0 Å². The van der Waals surface area contributed by atoms with E-state index in [1.54, 1.807) is 13.8 Å². The van der Waals surface area contributed by atoms with Gasteiger partial charge in [-0.2, -0.15) is 0 Å². The summed E-state index contributed by atoms with van der Waals surface area (Å²) in [6.45, 7) is 3.11. The summed E-state index contributed by atoms with van der Waals surface area (Å²) in [6, 6.07) is 27.2. The van der Waals surface area contributed by atoms with Crippen LogP contribution in [0, 0.1) is 0 Å². The van der Waals surface area contributed by atoms with Crippen molar-refractivity contribution in [3.8, 4) is 0 Å². The molecule has 3 aromatic rings. The van der Waals surface area contributed by atoms with Crippen LogP contribution < -0.4 is 32.3 Å². The number of hydrogen-bond donors (Lipinski definition) is 3. The second kappa shape index (κ2) is 18.6. The van der Waals surface area contributed by atoms with E-state index in [2.05, 4.69) is 26.1 Å². The van der Waals surface area contributed by atoms with Crippen LogP contribution in [-0.4, -0.2) is 89.6 Å². The molecule has 278 valence electrons. The predicted octanol–water partition coefficient (Wildman–Crippen LogP) is 2.48. The fourth-order valence-electron chi connectivity index (χ4n) is 5.92. The van der Waals surface area contributed by atoms with Gasteiger partial charge in [-0.15, -0.1) is 0 Å². The number of halogens is 1. The van der Waals surface area contributed by atoms with Crippen molar-refractivity contribution in [2.24, 2.45) is 5.73 Å². The topological polar surface area (TPSA) is 174 Å². The molecule has 1 fully saturated rings. The number of imide groups is 1. The first-order valence-corrected chi connectivity index (χ1v) is 22.4. The molecule has 0 spiro atoms. The smallest absolute Gasteiger partial charge is 0.465 e. The Morgan fingerprint density at radius 3 is 1.90 bits per heavy atom. The monoisotopic (exact) mass is 814 g/mol. The minimum absolute atomic E-state index is 0.0255. The van der Waals surface area contributed by atoms with E-state index in [9.17, 15) is 28.8 Å². The molecular weight excluding hydrogens is 771 g/mol. The Morgan fingerprint density at radius 1 is 0.885 bits per heavy atom. The van der Waals surface area contributed by atoms with Gasteiger partial charge in [0.2, 0.25) is 0 Å². The summed E-state index contributed by atoms with van der Waals surface area (Å²) in [5.74, 6) is -3.42. The van der Waals surface area contributed by atoms with E-state index in [-0.39, 0.29) is 50.4 Å². The third-order valence-corrected chi connectivity index (χ3v) is 19.2. The van der Waals surface area contributed by atoms with Gasteiger partial charge >= 0.3 is 274 Å². The minimum atomic E-state index is -3.69. The number of nitrogens with zero attached hydrogens (tertiary/aromatic N) is 1. The Bertz CT molecular complexity index is 1640. The normalized spacial score (nSPS) is 16.3. The molecule has 52 heavy (non-hydrogen) atoms. The van der Waals surface area contributed by atoms with Gasteiger partial charge in [0, 0.05) is 0 Å². The van der Waals surface area contributed by atoms with Crippen LogP contribution in [0.25, 0.3) is 0 Å². The summed E-state index contributed by atoms with van der Waals surface area (Å²) >= 11 is 5.36. The summed E-state index contributed by atoms with van der Waals surface area (Å²) < 4.78 is 9.78. The average molecular weight is 816 g/mol. The molecular formula is C37H44BrN4O8PS. The second-order valence-corrected chi connectivity index (χ2v) is 22.2.